The molecule has 0 aliphatic heterocycles. The molecule has 1 unspecified atom stereocenters. The third-order valence-corrected chi connectivity index (χ3v) is 2.44. The summed E-state index contributed by atoms with van der Waals surface area (Å²) in [6, 6.07) is 8.03. The molecule has 2 nitrogen and oxygen atoms in total. The quantitative estimate of drug-likeness (QED) is 0.676. The summed E-state index contributed by atoms with van der Waals surface area (Å²) in [5, 5.41) is 0. The number of hydrogen-bond donors (Lipinski definition) is 0. The fraction of sp³-hybridized carbons (Fsp3) is 0.462. The zero-order chi connectivity index (χ0) is 11.1. The highest BCUT2D eigenvalue weighted by Crippen LogP contribution is 2.11. The standard InChI is InChI=1S/C13H19NO/c1-4-11(2)9-14-10-12-5-7-13(15-3)8-6-12/h5-9,11H,4,10H2,1-3H3. The van der Waals surface area contributed by atoms with Crippen molar-refractivity contribution in [1.29, 1.82) is 0 Å². The summed E-state index contributed by atoms with van der Waals surface area (Å²) in [5.41, 5.74) is 1.22. The Labute approximate surface area is 92.0 Å². The fourth-order valence-electron chi connectivity index (χ4n) is 1.17. The van der Waals surface area contributed by atoms with Crippen LogP contribution in [0.3, 0.4) is 0 Å². The van der Waals surface area contributed by atoms with Crippen molar-refractivity contribution in [2.75, 3.05) is 7.11 Å². The van der Waals surface area contributed by atoms with Gasteiger partial charge in [-0.1, -0.05) is 26.0 Å². The predicted molar refractivity (Wildman–Crippen MR) is 64.6 cm³/mol. The molecule has 1 atom stereocenters. The van der Waals surface area contributed by atoms with Gasteiger partial charge in [0.15, 0.2) is 0 Å². The Hall–Kier alpha value is -1.31. The molecule has 0 saturated carbocycles. The molecule has 0 amide bonds. The largest absolute Gasteiger partial charge is 0.497 e. The summed E-state index contributed by atoms with van der Waals surface area (Å²) in [7, 11) is 1.68. The molecule has 1 rings (SSSR count). The normalized spacial score (nSPS) is 13.0. The molecule has 0 bridgehead atoms. The fourth-order valence-corrected chi connectivity index (χ4v) is 1.17. The van der Waals surface area contributed by atoms with E-state index < -0.39 is 0 Å². The van der Waals surface area contributed by atoms with Gasteiger partial charge in [0.25, 0.3) is 0 Å². The second kappa shape index (κ2) is 6.23. The Balaban J connectivity index is 2.47. The number of aliphatic imine (C=N–C) groups is 1. The first-order valence-corrected chi connectivity index (χ1v) is 5.39. The van der Waals surface area contributed by atoms with Crippen LogP contribution >= 0.6 is 0 Å². The zero-order valence-corrected chi connectivity index (χ0v) is 9.73. The van der Waals surface area contributed by atoms with Crippen LogP contribution in [0.4, 0.5) is 0 Å². The molecule has 1 aromatic rings. The van der Waals surface area contributed by atoms with E-state index in [0.29, 0.717) is 5.92 Å². The summed E-state index contributed by atoms with van der Waals surface area (Å²) in [6.45, 7) is 5.11. The summed E-state index contributed by atoms with van der Waals surface area (Å²) in [5.74, 6) is 1.47. The minimum absolute atomic E-state index is 0.572. The minimum Gasteiger partial charge on any atom is -0.497 e. The molecule has 0 N–H and O–H groups in total. The Morgan fingerprint density at radius 2 is 2.00 bits per heavy atom. The summed E-state index contributed by atoms with van der Waals surface area (Å²) in [6.07, 6.45) is 3.18. The third-order valence-electron chi connectivity index (χ3n) is 2.44. The molecule has 0 heterocycles. The predicted octanol–water partition coefficient (Wildman–Crippen LogP) is 3.31. The van der Waals surface area contributed by atoms with Gasteiger partial charge in [-0.25, -0.2) is 0 Å². The van der Waals surface area contributed by atoms with E-state index in [9.17, 15) is 0 Å². The summed E-state index contributed by atoms with van der Waals surface area (Å²) in [4.78, 5) is 4.40. The molecule has 0 fully saturated rings. The average molecular weight is 205 g/mol. The van der Waals surface area contributed by atoms with Crippen LogP contribution in [0.2, 0.25) is 0 Å². The van der Waals surface area contributed by atoms with Gasteiger partial charge in [0, 0.05) is 6.21 Å². The van der Waals surface area contributed by atoms with E-state index in [4.69, 9.17) is 4.74 Å². The summed E-state index contributed by atoms with van der Waals surface area (Å²) < 4.78 is 5.09. The van der Waals surface area contributed by atoms with Crippen LogP contribution in [0.15, 0.2) is 29.3 Å². The maximum atomic E-state index is 5.09. The molecule has 0 saturated heterocycles. The highest BCUT2D eigenvalue weighted by Gasteiger charge is 1.94. The maximum Gasteiger partial charge on any atom is 0.118 e. The van der Waals surface area contributed by atoms with E-state index in [1.807, 2.05) is 30.5 Å². The van der Waals surface area contributed by atoms with Crippen LogP contribution in [0.5, 0.6) is 5.75 Å². The van der Waals surface area contributed by atoms with Crippen LogP contribution in [0, 0.1) is 5.92 Å². The Morgan fingerprint density at radius 3 is 2.53 bits per heavy atom. The van der Waals surface area contributed by atoms with Gasteiger partial charge in [0.2, 0.25) is 0 Å². The second-order valence-corrected chi connectivity index (χ2v) is 3.72. The van der Waals surface area contributed by atoms with E-state index in [2.05, 4.69) is 18.8 Å². The highest BCUT2D eigenvalue weighted by atomic mass is 16.5. The molecule has 2 heteroatoms. The van der Waals surface area contributed by atoms with E-state index in [-0.39, 0.29) is 0 Å². The van der Waals surface area contributed by atoms with Crippen molar-refractivity contribution >= 4 is 6.21 Å². The lowest BCUT2D eigenvalue weighted by molar-refractivity contribution is 0.414. The van der Waals surface area contributed by atoms with Gasteiger partial charge in [0.1, 0.15) is 5.75 Å². The van der Waals surface area contributed by atoms with Gasteiger partial charge in [-0.2, -0.15) is 0 Å². The number of hydrogen-bond acceptors (Lipinski definition) is 2. The first kappa shape index (κ1) is 11.8. The van der Waals surface area contributed by atoms with Crippen LogP contribution in [0.1, 0.15) is 25.8 Å². The first-order valence-electron chi connectivity index (χ1n) is 5.39. The van der Waals surface area contributed by atoms with E-state index in [1.165, 1.54) is 5.56 Å². The summed E-state index contributed by atoms with van der Waals surface area (Å²) >= 11 is 0. The number of methoxy groups -OCH3 is 1. The molecule has 0 aromatic heterocycles. The van der Waals surface area contributed by atoms with Crippen molar-refractivity contribution in [2.24, 2.45) is 10.9 Å². The molecule has 0 spiro atoms. The van der Waals surface area contributed by atoms with Gasteiger partial charge in [0.05, 0.1) is 13.7 Å². The molecule has 0 aliphatic carbocycles. The number of nitrogens with zero attached hydrogens (tertiary/aromatic N) is 1. The molecular formula is C13H19NO. The van der Waals surface area contributed by atoms with Gasteiger partial charge < -0.3 is 4.74 Å². The lowest BCUT2D eigenvalue weighted by Crippen LogP contribution is -1.93. The number of ether oxygens (including phenoxy) is 1. The van der Waals surface area contributed by atoms with Crippen LogP contribution in [-0.4, -0.2) is 13.3 Å². The van der Waals surface area contributed by atoms with Crippen molar-refractivity contribution in [2.45, 2.75) is 26.8 Å². The van der Waals surface area contributed by atoms with Crippen LogP contribution < -0.4 is 4.74 Å². The van der Waals surface area contributed by atoms with Crippen molar-refractivity contribution in [1.82, 2.24) is 0 Å². The Kier molecular flexibility index (Phi) is 4.88. The molecule has 82 valence electrons. The van der Waals surface area contributed by atoms with Crippen molar-refractivity contribution < 1.29 is 4.74 Å². The van der Waals surface area contributed by atoms with Gasteiger partial charge in [-0.15, -0.1) is 0 Å². The molecule has 0 aliphatic rings. The monoisotopic (exact) mass is 205 g/mol. The molecule has 0 radical (unpaired) electrons. The smallest absolute Gasteiger partial charge is 0.118 e. The van der Waals surface area contributed by atoms with E-state index in [1.54, 1.807) is 7.11 Å². The van der Waals surface area contributed by atoms with E-state index >= 15 is 0 Å². The lowest BCUT2D eigenvalue weighted by Gasteiger charge is -2.01. The minimum atomic E-state index is 0.572. The molecular weight excluding hydrogens is 186 g/mol. The van der Waals surface area contributed by atoms with Gasteiger partial charge in [-0.05, 0) is 30.0 Å². The van der Waals surface area contributed by atoms with Gasteiger partial charge >= 0.3 is 0 Å². The third kappa shape index (κ3) is 4.15. The van der Waals surface area contributed by atoms with Crippen molar-refractivity contribution in [3.8, 4) is 5.75 Å². The lowest BCUT2D eigenvalue weighted by atomic mass is 10.1. The van der Waals surface area contributed by atoms with Crippen LogP contribution in [0.25, 0.3) is 0 Å². The first-order chi connectivity index (χ1) is 7.26. The number of benzene rings is 1. The zero-order valence-electron chi connectivity index (χ0n) is 9.73. The maximum absolute atomic E-state index is 5.09. The Morgan fingerprint density at radius 1 is 1.33 bits per heavy atom. The molecule has 15 heavy (non-hydrogen) atoms. The Bertz CT molecular complexity index is 303. The van der Waals surface area contributed by atoms with Crippen molar-refractivity contribution in [3.63, 3.8) is 0 Å². The average Bonchev–Trinajstić information content (AvgIpc) is 2.29. The SMILES string of the molecule is CCC(C)C=NCc1ccc(OC)cc1. The highest BCUT2D eigenvalue weighted by molar-refractivity contribution is 5.60. The van der Waals surface area contributed by atoms with Crippen LogP contribution in [-0.2, 0) is 6.54 Å². The topological polar surface area (TPSA) is 21.6 Å². The molecule has 1 aromatic carbocycles. The number of rotatable bonds is 5. The van der Waals surface area contributed by atoms with Gasteiger partial charge in [-0.3, -0.25) is 4.99 Å². The van der Waals surface area contributed by atoms with E-state index in [0.717, 1.165) is 18.7 Å². The second-order valence-electron chi connectivity index (χ2n) is 3.72. The van der Waals surface area contributed by atoms with Crippen molar-refractivity contribution in [3.05, 3.63) is 29.8 Å².